The van der Waals surface area contributed by atoms with E-state index in [2.05, 4.69) is 38.4 Å². The molecule has 1 atom stereocenters. The quantitative estimate of drug-likeness (QED) is 0.555. The Morgan fingerprint density at radius 2 is 1.96 bits per heavy atom. The second-order valence-corrected chi connectivity index (χ2v) is 6.72. The zero-order valence-corrected chi connectivity index (χ0v) is 16.1. The van der Waals surface area contributed by atoms with Gasteiger partial charge in [0, 0.05) is 42.7 Å². The first-order chi connectivity index (χ1) is 13.7. The van der Waals surface area contributed by atoms with Crippen molar-refractivity contribution < 1.29 is 4.74 Å². The van der Waals surface area contributed by atoms with Crippen LogP contribution in [-0.4, -0.2) is 38.4 Å². The number of anilines is 1. The number of hydrogen-bond donors (Lipinski definition) is 1. The maximum Gasteiger partial charge on any atom is 0.157 e. The van der Waals surface area contributed by atoms with Gasteiger partial charge in [0.25, 0.3) is 0 Å². The summed E-state index contributed by atoms with van der Waals surface area (Å²) in [7, 11) is 3.58. The lowest BCUT2D eigenvalue weighted by atomic mass is 10.00. The Balaban J connectivity index is 1.52. The number of nitrogens with zero attached hydrogens (tertiary/aromatic N) is 5. The molecule has 28 heavy (non-hydrogen) atoms. The van der Waals surface area contributed by atoms with Gasteiger partial charge in [-0.05, 0) is 17.7 Å². The molecule has 0 aliphatic carbocycles. The van der Waals surface area contributed by atoms with Gasteiger partial charge >= 0.3 is 0 Å². The second-order valence-electron chi connectivity index (χ2n) is 6.72. The molecule has 4 rings (SSSR count). The molecule has 142 valence electrons. The van der Waals surface area contributed by atoms with Crippen LogP contribution in [0.3, 0.4) is 0 Å². The fourth-order valence-electron chi connectivity index (χ4n) is 3.24. The molecule has 4 aromatic rings. The minimum atomic E-state index is 0.267. The van der Waals surface area contributed by atoms with Crippen LogP contribution < -0.4 is 10.1 Å². The van der Waals surface area contributed by atoms with Gasteiger partial charge in [0.05, 0.1) is 19.0 Å². The summed E-state index contributed by atoms with van der Waals surface area (Å²) in [6.07, 6.45) is 5.19. The Morgan fingerprint density at radius 3 is 2.82 bits per heavy atom. The number of hydrogen-bond acceptors (Lipinski definition) is 6. The van der Waals surface area contributed by atoms with Crippen LogP contribution in [0.5, 0.6) is 5.75 Å². The fraction of sp³-hybridized carbons (Fsp3) is 0.238. The highest BCUT2D eigenvalue weighted by Gasteiger charge is 2.12. The second kappa shape index (κ2) is 7.64. The molecule has 3 heterocycles. The van der Waals surface area contributed by atoms with Crippen LogP contribution in [0.2, 0.25) is 0 Å². The van der Waals surface area contributed by atoms with Gasteiger partial charge in [-0.25, -0.2) is 15.0 Å². The number of para-hydroxylation sites is 1. The summed E-state index contributed by atoms with van der Waals surface area (Å²) >= 11 is 0. The SMILES string of the molecule is COc1ccccc1[C@H](C)CNc1cc(-c2cnc3c(cnn3C)c2)ncn1. The molecule has 0 unspecified atom stereocenters. The number of fused-ring (bicyclic) bond motifs is 1. The zero-order chi connectivity index (χ0) is 19.5. The van der Waals surface area contributed by atoms with Crippen LogP contribution in [0.4, 0.5) is 5.82 Å². The fourth-order valence-corrected chi connectivity index (χ4v) is 3.24. The molecular formula is C21H22N6O. The van der Waals surface area contributed by atoms with E-state index in [9.17, 15) is 0 Å². The molecule has 0 saturated carbocycles. The maximum atomic E-state index is 5.47. The number of aryl methyl sites for hydroxylation is 1. The van der Waals surface area contributed by atoms with Crippen molar-refractivity contribution in [2.24, 2.45) is 7.05 Å². The third kappa shape index (κ3) is 3.51. The normalized spacial score (nSPS) is 12.1. The number of methoxy groups -OCH3 is 1. The van der Waals surface area contributed by atoms with Crippen LogP contribution in [-0.2, 0) is 7.05 Å². The molecule has 3 aromatic heterocycles. The topological polar surface area (TPSA) is 77.8 Å². The smallest absolute Gasteiger partial charge is 0.157 e. The van der Waals surface area contributed by atoms with Crippen LogP contribution in [0.25, 0.3) is 22.3 Å². The van der Waals surface area contributed by atoms with Crippen LogP contribution in [0, 0.1) is 0 Å². The Labute approximate surface area is 163 Å². The minimum absolute atomic E-state index is 0.267. The van der Waals surface area contributed by atoms with E-state index in [1.54, 1.807) is 24.3 Å². The van der Waals surface area contributed by atoms with Gasteiger partial charge in [-0.3, -0.25) is 4.68 Å². The summed E-state index contributed by atoms with van der Waals surface area (Å²) in [5, 5.41) is 8.62. The predicted octanol–water partition coefficient (Wildman–Crippen LogP) is 3.65. The molecule has 1 aromatic carbocycles. The van der Waals surface area contributed by atoms with Gasteiger partial charge in [-0.2, -0.15) is 5.10 Å². The lowest BCUT2D eigenvalue weighted by Crippen LogP contribution is -2.12. The van der Waals surface area contributed by atoms with E-state index in [0.29, 0.717) is 0 Å². The van der Waals surface area contributed by atoms with Gasteiger partial charge in [-0.1, -0.05) is 25.1 Å². The first kappa shape index (κ1) is 17.9. The average molecular weight is 374 g/mol. The Bertz CT molecular complexity index is 1110. The Morgan fingerprint density at radius 1 is 1.11 bits per heavy atom. The van der Waals surface area contributed by atoms with Crippen molar-refractivity contribution in [1.29, 1.82) is 0 Å². The molecule has 0 aliphatic heterocycles. The summed E-state index contributed by atoms with van der Waals surface area (Å²) in [5.74, 6) is 1.94. The summed E-state index contributed by atoms with van der Waals surface area (Å²) in [5.41, 5.74) is 3.77. The standard InChI is InChI=1S/C21H22N6O/c1-14(17-6-4-5-7-19(17)28-3)10-22-20-9-18(24-13-25-20)15-8-16-12-26-27(2)21(16)23-11-15/h4-9,11-14H,10H2,1-3H3,(H,22,24,25)/t14-/m1/s1. The molecule has 7 heteroatoms. The molecule has 0 spiro atoms. The maximum absolute atomic E-state index is 5.47. The molecule has 0 saturated heterocycles. The number of nitrogens with one attached hydrogen (secondary N) is 1. The van der Waals surface area contributed by atoms with Crippen molar-refractivity contribution in [1.82, 2.24) is 24.7 Å². The number of ether oxygens (including phenoxy) is 1. The Kier molecular flexibility index (Phi) is 4.89. The third-order valence-corrected chi connectivity index (χ3v) is 4.79. The highest BCUT2D eigenvalue weighted by molar-refractivity contribution is 5.80. The van der Waals surface area contributed by atoms with Gasteiger partial charge in [-0.15, -0.1) is 0 Å². The molecular weight excluding hydrogens is 352 g/mol. The van der Waals surface area contributed by atoms with E-state index in [-0.39, 0.29) is 5.92 Å². The number of pyridine rings is 1. The number of rotatable bonds is 6. The van der Waals surface area contributed by atoms with Gasteiger partial charge < -0.3 is 10.1 Å². The van der Waals surface area contributed by atoms with E-state index in [4.69, 9.17) is 4.74 Å². The van der Waals surface area contributed by atoms with Crippen molar-refractivity contribution in [3.05, 3.63) is 60.7 Å². The highest BCUT2D eigenvalue weighted by atomic mass is 16.5. The lowest BCUT2D eigenvalue weighted by molar-refractivity contribution is 0.407. The molecule has 0 amide bonds. The summed E-state index contributed by atoms with van der Waals surface area (Å²) in [4.78, 5) is 13.2. The number of benzene rings is 1. The van der Waals surface area contributed by atoms with E-state index in [1.807, 2.05) is 43.6 Å². The zero-order valence-electron chi connectivity index (χ0n) is 16.1. The molecule has 0 bridgehead atoms. The first-order valence-corrected chi connectivity index (χ1v) is 9.12. The third-order valence-electron chi connectivity index (χ3n) is 4.79. The minimum Gasteiger partial charge on any atom is -0.496 e. The monoisotopic (exact) mass is 374 g/mol. The van der Waals surface area contributed by atoms with Crippen LogP contribution >= 0.6 is 0 Å². The molecule has 0 aliphatic rings. The molecule has 0 fully saturated rings. The van der Waals surface area contributed by atoms with E-state index in [0.717, 1.165) is 46.0 Å². The van der Waals surface area contributed by atoms with E-state index < -0.39 is 0 Å². The van der Waals surface area contributed by atoms with Crippen molar-refractivity contribution in [3.8, 4) is 17.0 Å². The van der Waals surface area contributed by atoms with Crippen molar-refractivity contribution in [2.75, 3.05) is 19.0 Å². The first-order valence-electron chi connectivity index (χ1n) is 9.12. The van der Waals surface area contributed by atoms with Gasteiger partial charge in [0.1, 0.15) is 17.9 Å². The summed E-state index contributed by atoms with van der Waals surface area (Å²) < 4.78 is 7.22. The van der Waals surface area contributed by atoms with Gasteiger partial charge in [0.15, 0.2) is 5.65 Å². The van der Waals surface area contributed by atoms with Crippen molar-refractivity contribution in [2.45, 2.75) is 12.8 Å². The lowest BCUT2D eigenvalue weighted by Gasteiger charge is -2.16. The average Bonchev–Trinajstić information content (AvgIpc) is 3.12. The molecule has 7 nitrogen and oxygen atoms in total. The van der Waals surface area contributed by atoms with E-state index in [1.165, 1.54) is 0 Å². The van der Waals surface area contributed by atoms with Crippen molar-refractivity contribution in [3.63, 3.8) is 0 Å². The van der Waals surface area contributed by atoms with Crippen LogP contribution in [0.1, 0.15) is 18.4 Å². The molecule has 0 radical (unpaired) electrons. The van der Waals surface area contributed by atoms with Crippen LogP contribution in [0.15, 0.2) is 55.1 Å². The van der Waals surface area contributed by atoms with Gasteiger partial charge in [0.2, 0.25) is 0 Å². The Hall–Kier alpha value is -3.48. The van der Waals surface area contributed by atoms with E-state index >= 15 is 0 Å². The number of aromatic nitrogens is 5. The predicted molar refractivity (Wildman–Crippen MR) is 109 cm³/mol. The van der Waals surface area contributed by atoms with Crippen molar-refractivity contribution >= 4 is 16.9 Å². The summed E-state index contributed by atoms with van der Waals surface area (Å²) in [6.45, 7) is 2.89. The summed E-state index contributed by atoms with van der Waals surface area (Å²) in [6, 6.07) is 12.1. The largest absolute Gasteiger partial charge is 0.496 e. The molecule has 1 N–H and O–H groups in total. The highest BCUT2D eigenvalue weighted by Crippen LogP contribution is 2.27.